The summed E-state index contributed by atoms with van der Waals surface area (Å²) in [5.74, 6) is 0.294. The molecule has 1 aliphatic rings. The van der Waals surface area contributed by atoms with E-state index >= 15 is 0 Å². The summed E-state index contributed by atoms with van der Waals surface area (Å²) in [6.45, 7) is 0.621. The van der Waals surface area contributed by atoms with E-state index in [1.807, 2.05) is 44.4 Å². The number of halogens is 1. The van der Waals surface area contributed by atoms with Crippen LogP contribution >= 0.6 is 11.6 Å². The summed E-state index contributed by atoms with van der Waals surface area (Å²) >= 11 is 6.16. The first-order chi connectivity index (χ1) is 14.0. The zero-order valence-corrected chi connectivity index (χ0v) is 17.7. The van der Waals surface area contributed by atoms with Gasteiger partial charge < -0.3 is 15.5 Å². The molecule has 0 heterocycles. The molecule has 1 fully saturated rings. The van der Waals surface area contributed by atoms with Gasteiger partial charge in [0.05, 0.1) is 23.0 Å². The second-order valence-electron chi connectivity index (χ2n) is 7.79. The number of carbonyl (C=O) groups is 2. The van der Waals surface area contributed by atoms with Crippen LogP contribution in [0.15, 0.2) is 54.6 Å². The SMILES string of the molecule is CN(C)[C@@H](CNC(=O)C[C@H](NC(=O)c1ccccc1Cl)c1ccccc1)C1CC1. The maximum atomic E-state index is 12.7. The lowest BCUT2D eigenvalue weighted by atomic mass is 10.0. The van der Waals surface area contributed by atoms with E-state index in [4.69, 9.17) is 11.6 Å². The fourth-order valence-electron chi connectivity index (χ4n) is 3.55. The van der Waals surface area contributed by atoms with Crippen molar-refractivity contribution in [2.45, 2.75) is 31.3 Å². The van der Waals surface area contributed by atoms with Crippen LogP contribution in [0.4, 0.5) is 0 Å². The molecular formula is C23H28ClN3O2. The van der Waals surface area contributed by atoms with Crippen LogP contribution in [-0.2, 0) is 4.79 Å². The molecule has 2 amide bonds. The molecule has 2 aromatic rings. The molecule has 5 nitrogen and oxygen atoms in total. The highest BCUT2D eigenvalue weighted by molar-refractivity contribution is 6.33. The summed E-state index contributed by atoms with van der Waals surface area (Å²) in [7, 11) is 4.09. The van der Waals surface area contributed by atoms with E-state index in [1.165, 1.54) is 12.8 Å². The summed E-state index contributed by atoms with van der Waals surface area (Å²) in [6.07, 6.45) is 2.61. The van der Waals surface area contributed by atoms with Crippen LogP contribution in [0.25, 0.3) is 0 Å². The summed E-state index contributed by atoms with van der Waals surface area (Å²) < 4.78 is 0. The Hall–Kier alpha value is -2.37. The molecule has 1 saturated carbocycles. The largest absolute Gasteiger partial charge is 0.354 e. The van der Waals surface area contributed by atoms with Crippen molar-refractivity contribution in [1.82, 2.24) is 15.5 Å². The number of hydrogen-bond acceptors (Lipinski definition) is 3. The van der Waals surface area contributed by atoms with Crippen molar-refractivity contribution in [1.29, 1.82) is 0 Å². The van der Waals surface area contributed by atoms with Crippen LogP contribution in [0.3, 0.4) is 0 Å². The fourth-order valence-corrected chi connectivity index (χ4v) is 3.77. The lowest BCUT2D eigenvalue weighted by Crippen LogP contribution is -2.42. The third kappa shape index (κ3) is 6.05. The Morgan fingerprint density at radius 2 is 1.72 bits per heavy atom. The van der Waals surface area contributed by atoms with Crippen molar-refractivity contribution in [3.63, 3.8) is 0 Å². The summed E-state index contributed by atoms with van der Waals surface area (Å²) in [5, 5.41) is 6.41. The van der Waals surface area contributed by atoms with Crippen LogP contribution in [-0.4, -0.2) is 43.4 Å². The highest BCUT2D eigenvalue weighted by atomic mass is 35.5. The van der Waals surface area contributed by atoms with Crippen LogP contribution in [0.2, 0.25) is 5.02 Å². The minimum atomic E-state index is -0.432. The second kappa shape index (κ2) is 9.90. The van der Waals surface area contributed by atoms with Crippen LogP contribution in [0.5, 0.6) is 0 Å². The van der Waals surface area contributed by atoms with Gasteiger partial charge in [0.1, 0.15) is 0 Å². The molecule has 1 aliphatic carbocycles. The first-order valence-electron chi connectivity index (χ1n) is 9.99. The van der Waals surface area contributed by atoms with Gasteiger partial charge in [-0.05, 0) is 50.6 Å². The van der Waals surface area contributed by atoms with E-state index in [0.29, 0.717) is 29.1 Å². The molecule has 0 unspecified atom stereocenters. The first kappa shape index (κ1) is 21.3. The molecule has 0 radical (unpaired) electrons. The van der Waals surface area contributed by atoms with Gasteiger partial charge in [-0.1, -0.05) is 54.1 Å². The number of carbonyl (C=O) groups excluding carboxylic acids is 2. The average molecular weight is 414 g/mol. The quantitative estimate of drug-likeness (QED) is 0.659. The Balaban J connectivity index is 1.66. The lowest BCUT2D eigenvalue weighted by molar-refractivity contribution is -0.121. The first-order valence-corrected chi connectivity index (χ1v) is 10.4. The molecule has 0 saturated heterocycles. The molecule has 2 aromatic carbocycles. The Morgan fingerprint density at radius 1 is 1.07 bits per heavy atom. The number of rotatable bonds is 9. The van der Waals surface area contributed by atoms with Gasteiger partial charge in [-0.15, -0.1) is 0 Å². The molecule has 0 bridgehead atoms. The molecular weight excluding hydrogens is 386 g/mol. The molecule has 3 rings (SSSR count). The number of hydrogen-bond donors (Lipinski definition) is 2. The molecule has 154 valence electrons. The van der Waals surface area contributed by atoms with Gasteiger partial charge >= 0.3 is 0 Å². The minimum absolute atomic E-state index is 0.0780. The molecule has 0 aliphatic heterocycles. The molecule has 2 N–H and O–H groups in total. The molecule has 2 atom stereocenters. The number of likely N-dealkylation sites (N-methyl/N-ethyl adjacent to an activating group) is 1. The van der Waals surface area contributed by atoms with Crippen molar-refractivity contribution in [2.24, 2.45) is 5.92 Å². The molecule has 6 heteroatoms. The normalized spacial score (nSPS) is 15.6. The predicted molar refractivity (Wildman–Crippen MR) is 116 cm³/mol. The van der Waals surface area contributed by atoms with Crippen molar-refractivity contribution < 1.29 is 9.59 Å². The highest BCUT2D eigenvalue weighted by Gasteiger charge is 2.32. The molecule has 0 spiro atoms. The van der Waals surface area contributed by atoms with Crippen LogP contribution < -0.4 is 10.6 Å². The second-order valence-corrected chi connectivity index (χ2v) is 8.20. The maximum absolute atomic E-state index is 12.7. The van der Waals surface area contributed by atoms with Gasteiger partial charge in [-0.3, -0.25) is 9.59 Å². The van der Waals surface area contributed by atoms with Gasteiger partial charge in [0.2, 0.25) is 5.91 Å². The highest BCUT2D eigenvalue weighted by Crippen LogP contribution is 2.34. The Kier molecular flexibility index (Phi) is 7.29. The molecule has 0 aromatic heterocycles. The maximum Gasteiger partial charge on any atom is 0.253 e. The summed E-state index contributed by atoms with van der Waals surface area (Å²) in [6, 6.07) is 16.4. The van der Waals surface area contributed by atoms with Gasteiger partial charge in [-0.2, -0.15) is 0 Å². The van der Waals surface area contributed by atoms with E-state index in [1.54, 1.807) is 24.3 Å². The van der Waals surface area contributed by atoms with Crippen molar-refractivity contribution in [3.05, 3.63) is 70.7 Å². The Morgan fingerprint density at radius 3 is 2.34 bits per heavy atom. The number of benzene rings is 2. The zero-order valence-electron chi connectivity index (χ0n) is 16.9. The number of amides is 2. The smallest absolute Gasteiger partial charge is 0.253 e. The zero-order chi connectivity index (χ0) is 20.8. The lowest BCUT2D eigenvalue weighted by Gasteiger charge is -2.25. The standard InChI is InChI=1S/C23H28ClN3O2/c1-27(2)21(17-12-13-17)15-25-22(28)14-20(16-8-4-3-5-9-16)26-23(29)18-10-6-7-11-19(18)24/h3-11,17,20-21H,12-15H2,1-2H3,(H,25,28)(H,26,29)/t20-,21-/m0/s1. The number of nitrogens with one attached hydrogen (secondary N) is 2. The van der Waals surface area contributed by atoms with Gasteiger partial charge in [0.15, 0.2) is 0 Å². The van der Waals surface area contributed by atoms with Crippen molar-refractivity contribution in [3.8, 4) is 0 Å². The summed E-state index contributed by atoms with van der Waals surface area (Å²) in [4.78, 5) is 27.6. The monoisotopic (exact) mass is 413 g/mol. The van der Waals surface area contributed by atoms with E-state index in [9.17, 15) is 9.59 Å². The van der Waals surface area contributed by atoms with E-state index in [0.717, 1.165) is 5.56 Å². The van der Waals surface area contributed by atoms with Crippen LogP contribution in [0, 0.1) is 5.92 Å². The van der Waals surface area contributed by atoms with Crippen LogP contribution in [0.1, 0.15) is 41.2 Å². The fraction of sp³-hybridized carbons (Fsp3) is 0.391. The van der Waals surface area contributed by atoms with Crippen molar-refractivity contribution >= 4 is 23.4 Å². The average Bonchev–Trinajstić information content (AvgIpc) is 3.53. The van der Waals surface area contributed by atoms with E-state index in [2.05, 4.69) is 15.5 Å². The van der Waals surface area contributed by atoms with Gasteiger partial charge in [-0.25, -0.2) is 0 Å². The summed E-state index contributed by atoms with van der Waals surface area (Å²) in [5.41, 5.74) is 1.28. The third-order valence-corrected chi connectivity index (χ3v) is 5.68. The van der Waals surface area contributed by atoms with Gasteiger partial charge in [0, 0.05) is 12.6 Å². The van der Waals surface area contributed by atoms with Gasteiger partial charge in [0.25, 0.3) is 5.91 Å². The van der Waals surface area contributed by atoms with E-state index < -0.39 is 6.04 Å². The Labute approximate surface area is 177 Å². The third-order valence-electron chi connectivity index (χ3n) is 5.35. The molecule has 29 heavy (non-hydrogen) atoms. The number of nitrogens with zero attached hydrogens (tertiary/aromatic N) is 1. The van der Waals surface area contributed by atoms with Crippen molar-refractivity contribution in [2.75, 3.05) is 20.6 Å². The van der Waals surface area contributed by atoms with E-state index in [-0.39, 0.29) is 18.2 Å². The minimum Gasteiger partial charge on any atom is -0.354 e. The Bertz CT molecular complexity index is 835. The predicted octanol–water partition coefficient (Wildman–Crippen LogP) is 3.66. The topological polar surface area (TPSA) is 61.4 Å².